The van der Waals surface area contributed by atoms with Crippen LogP contribution in [0.1, 0.15) is 17.3 Å². The molecule has 0 aromatic heterocycles. The number of anilines is 1. The molecule has 130 valence electrons. The summed E-state index contributed by atoms with van der Waals surface area (Å²) >= 11 is 5.76. The SMILES string of the molecule is C[C@@H](OC(=O)c1c(F)cccc1Cl)C(=O)Nc1cccc([N+](=O)[O-])c1. The number of rotatable bonds is 5. The molecule has 0 bridgehead atoms. The summed E-state index contributed by atoms with van der Waals surface area (Å²) in [6.07, 6.45) is -1.28. The molecule has 1 atom stereocenters. The third kappa shape index (κ3) is 4.51. The van der Waals surface area contributed by atoms with Gasteiger partial charge in [0, 0.05) is 17.8 Å². The number of carbonyl (C=O) groups is 2. The van der Waals surface area contributed by atoms with Gasteiger partial charge < -0.3 is 10.1 Å². The predicted octanol–water partition coefficient (Wildman–Crippen LogP) is 3.57. The highest BCUT2D eigenvalue weighted by molar-refractivity contribution is 6.33. The summed E-state index contributed by atoms with van der Waals surface area (Å²) in [6, 6.07) is 8.93. The van der Waals surface area contributed by atoms with Crippen LogP contribution in [-0.2, 0) is 9.53 Å². The Kier molecular flexibility index (Phi) is 5.66. The molecule has 25 heavy (non-hydrogen) atoms. The van der Waals surface area contributed by atoms with Gasteiger partial charge in [-0.1, -0.05) is 23.7 Å². The number of esters is 1. The second kappa shape index (κ2) is 7.71. The molecule has 0 saturated heterocycles. The number of nitrogens with zero attached hydrogens (tertiary/aromatic N) is 1. The van der Waals surface area contributed by atoms with Crippen LogP contribution in [-0.4, -0.2) is 22.9 Å². The summed E-state index contributed by atoms with van der Waals surface area (Å²) in [6.45, 7) is 1.28. The number of benzene rings is 2. The number of hydrogen-bond donors (Lipinski definition) is 1. The predicted molar refractivity (Wildman–Crippen MR) is 88.0 cm³/mol. The molecule has 1 amide bonds. The average Bonchev–Trinajstić information content (AvgIpc) is 2.54. The summed E-state index contributed by atoms with van der Waals surface area (Å²) in [4.78, 5) is 34.1. The van der Waals surface area contributed by atoms with Gasteiger partial charge in [-0.15, -0.1) is 0 Å². The molecule has 2 aromatic carbocycles. The first-order valence-electron chi connectivity index (χ1n) is 7.00. The summed E-state index contributed by atoms with van der Waals surface area (Å²) < 4.78 is 18.6. The van der Waals surface area contributed by atoms with E-state index in [-0.39, 0.29) is 16.4 Å². The van der Waals surface area contributed by atoms with Crippen molar-refractivity contribution in [3.8, 4) is 0 Å². The maximum absolute atomic E-state index is 13.7. The number of non-ortho nitro benzene ring substituents is 1. The van der Waals surface area contributed by atoms with E-state index in [4.69, 9.17) is 16.3 Å². The molecule has 0 radical (unpaired) electrons. The maximum Gasteiger partial charge on any atom is 0.343 e. The van der Waals surface area contributed by atoms with Gasteiger partial charge in [-0.3, -0.25) is 14.9 Å². The number of amides is 1. The molecule has 0 fully saturated rings. The minimum Gasteiger partial charge on any atom is -0.449 e. The minimum atomic E-state index is -1.28. The van der Waals surface area contributed by atoms with Crippen molar-refractivity contribution >= 4 is 34.9 Å². The van der Waals surface area contributed by atoms with E-state index in [9.17, 15) is 24.1 Å². The fraction of sp³-hybridized carbons (Fsp3) is 0.125. The van der Waals surface area contributed by atoms with Crippen LogP contribution in [0.4, 0.5) is 15.8 Å². The van der Waals surface area contributed by atoms with Crippen LogP contribution < -0.4 is 5.32 Å². The third-order valence-electron chi connectivity index (χ3n) is 3.14. The molecule has 2 aromatic rings. The van der Waals surface area contributed by atoms with Crippen molar-refractivity contribution in [2.45, 2.75) is 13.0 Å². The first kappa shape index (κ1) is 18.3. The third-order valence-corrected chi connectivity index (χ3v) is 3.46. The lowest BCUT2D eigenvalue weighted by Gasteiger charge is -2.14. The molecule has 1 N–H and O–H groups in total. The summed E-state index contributed by atoms with van der Waals surface area (Å²) in [5.74, 6) is -2.70. The Balaban J connectivity index is 2.06. The first-order valence-corrected chi connectivity index (χ1v) is 7.37. The highest BCUT2D eigenvalue weighted by atomic mass is 35.5. The smallest absolute Gasteiger partial charge is 0.343 e. The van der Waals surface area contributed by atoms with E-state index in [2.05, 4.69) is 5.32 Å². The van der Waals surface area contributed by atoms with Crippen LogP contribution in [0.15, 0.2) is 42.5 Å². The zero-order valence-corrected chi connectivity index (χ0v) is 13.6. The van der Waals surface area contributed by atoms with E-state index >= 15 is 0 Å². The number of nitro benzene ring substituents is 1. The van der Waals surface area contributed by atoms with Gasteiger partial charge in [0.05, 0.1) is 9.95 Å². The lowest BCUT2D eigenvalue weighted by atomic mass is 10.2. The molecule has 0 unspecified atom stereocenters. The van der Waals surface area contributed by atoms with Crippen molar-refractivity contribution in [1.82, 2.24) is 0 Å². The molecule has 0 spiro atoms. The minimum absolute atomic E-state index is 0.142. The molecule has 0 saturated carbocycles. The molecule has 0 heterocycles. The zero-order valence-electron chi connectivity index (χ0n) is 12.9. The largest absolute Gasteiger partial charge is 0.449 e. The fourth-order valence-corrected chi connectivity index (χ4v) is 2.15. The topological polar surface area (TPSA) is 98.5 Å². The van der Waals surface area contributed by atoms with Crippen molar-refractivity contribution in [2.75, 3.05) is 5.32 Å². The molecule has 0 aliphatic rings. The summed E-state index contributed by atoms with van der Waals surface area (Å²) in [7, 11) is 0. The Labute approximate surface area is 146 Å². The van der Waals surface area contributed by atoms with Gasteiger partial charge in [0.1, 0.15) is 11.4 Å². The highest BCUT2D eigenvalue weighted by Crippen LogP contribution is 2.21. The Morgan fingerprint density at radius 3 is 2.60 bits per heavy atom. The highest BCUT2D eigenvalue weighted by Gasteiger charge is 2.23. The number of nitro groups is 1. The van der Waals surface area contributed by atoms with Gasteiger partial charge >= 0.3 is 5.97 Å². The lowest BCUT2D eigenvalue weighted by Crippen LogP contribution is -2.30. The van der Waals surface area contributed by atoms with Crippen LogP contribution in [0.2, 0.25) is 5.02 Å². The van der Waals surface area contributed by atoms with E-state index in [1.165, 1.54) is 37.3 Å². The van der Waals surface area contributed by atoms with Crippen molar-refractivity contribution in [3.05, 3.63) is 69.0 Å². The number of halogens is 2. The van der Waals surface area contributed by atoms with Gasteiger partial charge in [0.15, 0.2) is 6.10 Å². The van der Waals surface area contributed by atoms with Crippen LogP contribution in [0.3, 0.4) is 0 Å². The maximum atomic E-state index is 13.7. The van der Waals surface area contributed by atoms with E-state index < -0.39 is 34.3 Å². The molecular formula is C16H12ClFN2O5. The molecule has 0 aliphatic carbocycles. The average molecular weight is 367 g/mol. The second-order valence-corrected chi connectivity index (χ2v) is 5.35. The van der Waals surface area contributed by atoms with Crippen molar-refractivity contribution in [3.63, 3.8) is 0 Å². The Morgan fingerprint density at radius 2 is 1.96 bits per heavy atom. The van der Waals surface area contributed by atoms with Crippen molar-refractivity contribution < 1.29 is 23.6 Å². The van der Waals surface area contributed by atoms with Crippen LogP contribution in [0.25, 0.3) is 0 Å². The quantitative estimate of drug-likeness (QED) is 0.495. The Hall–Kier alpha value is -3.00. The van der Waals surface area contributed by atoms with Gasteiger partial charge in [-0.05, 0) is 25.1 Å². The molecule has 7 nitrogen and oxygen atoms in total. The molecule has 0 aliphatic heterocycles. The van der Waals surface area contributed by atoms with Crippen LogP contribution in [0, 0.1) is 15.9 Å². The first-order chi connectivity index (χ1) is 11.8. The fourth-order valence-electron chi connectivity index (χ4n) is 1.91. The monoisotopic (exact) mass is 366 g/mol. The Morgan fingerprint density at radius 1 is 1.28 bits per heavy atom. The van der Waals surface area contributed by atoms with Crippen molar-refractivity contribution in [2.24, 2.45) is 0 Å². The van der Waals surface area contributed by atoms with Crippen LogP contribution >= 0.6 is 11.6 Å². The van der Waals surface area contributed by atoms with E-state index in [1.54, 1.807) is 0 Å². The van der Waals surface area contributed by atoms with Gasteiger partial charge in [0.2, 0.25) is 0 Å². The standard InChI is InChI=1S/C16H12ClFN2O5/c1-9(25-16(22)14-12(17)6-3-7-13(14)18)15(21)19-10-4-2-5-11(8-10)20(23)24/h2-9H,1H3,(H,19,21)/t9-/m1/s1. The van der Waals surface area contributed by atoms with E-state index in [0.29, 0.717) is 0 Å². The van der Waals surface area contributed by atoms with Gasteiger partial charge in [-0.25, -0.2) is 9.18 Å². The molecular weight excluding hydrogens is 355 g/mol. The van der Waals surface area contributed by atoms with Crippen molar-refractivity contribution in [1.29, 1.82) is 0 Å². The summed E-state index contributed by atoms with van der Waals surface area (Å²) in [5.41, 5.74) is -0.522. The van der Waals surface area contributed by atoms with Gasteiger partial charge in [0.25, 0.3) is 11.6 Å². The molecule has 9 heteroatoms. The van der Waals surface area contributed by atoms with E-state index in [0.717, 1.165) is 12.1 Å². The number of hydrogen-bond acceptors (Lipinski definition) is 5. The number of nitrogens with one attached hydrogen (secondary N) is 1. The number of ether oxygens (including phenoxy) is 1. The second-order valence-electron chi connectivity index (χ2n) is 4.94. The van der Waals surface area contributed by atoms with Gasteiger partial charge in [-0.2, -0.15) is 0 Å². The van der Waals surface area contributed by atoms with E-state index in [1.807, 2.05) is 0 Å². The molecule has 2 rings (SSSR count). The lowest BCUT2D eigenvalue weighted by molar-refractivity contribution is -0.384. The summed E-state index contributed by atoms with van der Waals surface area (Å²) in [5, 5.41) is 12.9. The normalized spacial score (nSPS) is 11.5. The van der Waals surface area contributed by atoms with Crippen LogP contribution in [0.5, 0.6) is 0 Å². The number of carbonyl (C=O) groups excluding carboxylic acids is 2. The zero-order chi connectivity index (χ0) is 18.6. The Bertz CT molecular complexity index is 823.